The van der Waals surface area contributed by atoms with Gasteiger partial charge in [-0.25, -0.2) is 4.79 Å². The lowest BCUT2D eigenvalue weighted by atomic mass is 10.1. The Labute approximate surface area is 148 Å². The van der Waals surface area contributed by atoms with Crippen LogP contribution in [0.5, 0.6) is 0 Å². The number of nitrogens with one attached hydrogen (secondary N) is 2. The maximum absolute atomic E-state index is 12.5. The normalized spacial score (nSPS) is 10.9. The fourth-order valence-electron chi connectivity index (χ4n) is 2.31. The van der Waals surface area contributed by atoms with E-state index in [-0.39, 0.29) is 5.91 Å². The first kappa shape index (κ1) is 18.5. The number of aryl methyl sites for hydroxylation is 2. The fraction of sp³-hybridized carbons (Fsp3) is 0.300. The summed E-state index contributed by atoms with van der Waals surface area (Å²) in [6.07, 6.45) is -0.556. The van der Waals surface area contributed by atoms with Gasteiger partial charge in [-0.05, 0) is 64.4 Å². The number of hydrogen-bond donors (Lipinski definition) is 2. The van der Waals surface area contributed by atoms with Crippen molar-refractivity contribution in [3.05, 3.63) is 59.2 Å². The van der Waals surface area contributed by atoms with E-state index >= 15 is 0 Å². The van der Waals surface area contributed by atoms with Crippen molar-refractivity contribution in [2.45, 2.75) is 40.2 Å². The van der Waals surface area contributed by atoms with Gasteiger partial charge in [-0.1, -0.05) is 23.8 Å². The summed E-state index contributed by atoms with van der Waals surface area (Å²) in [4.78, 5) is 24.3. The van der Waals surface area contributed by atoms with E-state index in [2.05, 4.69) is 10.6 Å². The molecule has 2 aromatic carbocycles. The Balaban J connectivity index is 2.09. The summed E-state index contributed by atoms with van der Waals surface area (Å²) >= 11 is 0. The molecule has 0 atom stereocenters. The van der Waals surface area contributed by atoms with Gasteiger partial charge < -0.3 is 10.1 Å². The van der Waals surface area contributed by atoms with Crippen LogP contribution >= 0.6 is 0 Å². The lowest BCUT2D eigenvalue weighted by Crippen LogP contribution is -2.27. The summed E-state index contributed by atoms with van der Waals surface area (Å²) in [5, 5.41) is 5.52. The maximum Gasteiger partial charge on any atom is 0.412 e. The highest BCUT2D eigenvalue weighted by Gasteiger charge is 2.16. The van der Waals surface area contributed by atoms with Crippen molar-refractivity contribution in [2.75, 3.05) is 10.6 Å². The molecule has 0 aliphatic carbocycles. The van der Waals surface area contributed by atoms with Crippen LogP contribution in [0.4, 0.5) is 16.2 Å². The largest absolute Gasteiger partial charge is 0.444 e. The van der Waals surface area contributed by atoms with Gasteiger partial charge in [-0.15, -0.1) is 0 Å². The highest BCUT2D eigenvalue weighted by Crippen LogP contribution is 2.19. The molecule has 5 heteroatoms. The first-order valence-electron chi connectivity index (χ1n) is 8.13. The summed E-state index contributed by atoms with van der Waals surface area (Å²) in [5.41, 5.74) is 3.27. The predicted octanol–water partition coefficient (Wildman–Crippen LogP) is 4.90. The highest BCUT2D eigenvalue weighted by molar-refractivity contribution is 6.05. The number of amides is 2. The van der Waals surface area contributed by atoms with Crippen LogP contribution in [-0.2, 0) is 4.74 Å². The van der Waals surface area contributed by atoms with Crippen LogP contribution in [0.3, 0.4) is 0 Å². The molecule has 2 aromatic rings. The average Bonchev–Trinajstić information content (AvgIpc) is 2.48. The number of rotatable bonds is 3. The Hall–Kier alpha value is -2.82. The molecule has 25 heavy (non-hydrogen) atoms. The SMILES string of the molecule is Cc1ccc(NC(=O)c2cccc(NC(=O)OC(C)(C)C)c2)c(C)c1. The average molecular weight is 340 g/mol. The van der Waals surface area contributed by atoms with E-state index < -0.39 is 11.7 Å². The van der Waals surface area contributed by atoms with Crippen LogP contribution < -0.4 is 10.6 Å². The van der Waals surface area contributed by atoms with Gasteiger partial charge in [0.05, 0.1) is 0 Å². The monoisotopic (exact) mass is 340 g/mol. The Kier molecular flexibility index (Phi) is 5.47. The van der Waals surface area contributed by atoms with Crippen molar-refractivity contribution in [1.82, 2.24) is 0 Å². The number of carbonyl (C=O) groups is 2. The van der Waals surface area contributed by atoms with Gasteiger partial charge in [0, 0.05) is 16.9 Å². The molecule has 0 aliphatic rings. The second-order valence-electron chi connectivity index (χ2n) is 6.98. The zero-order valence-corrected chi connectivity index (χ0v) is 15.3. The van der Waals surface area contributed by atoms with E-state index in [4.69, 9.17) is 4.74 Å². The van der Waals surface area contributed by atoms with E-state index in [0.717, 1.165) is 16.8 Å². The molecule has 0 radical (unpaired) electrons. The molecule has 0 aliphatic heterocycles. The lowest BCUT2D eigenvalue weighted by Gasteiger charge is -2.19. The number of hydrogen-bond acceptors (Lipinski definition) is 3. The number of ether oxygens (including phenoxy) is 1. The van der Waals surface area contributed by atoms with E-state index in [1.165, 1.54) is 0 Å². The Bertz CT molecular complexity index is 792. The van der Waals surface area contributed by atoms with Gasteiger partial charge in [0.15, 0.2) is 0 Å². The van der Waals surface area contributed by atoms with Crippen molar-refractivity contribution in [2.24, 2.45) is 0 Å². The minimum absolute atomic E-state index is 0.236. The second-order valence-corrected chi connectivity index (χ2v) is 6.98. The predicted molar refractivity (Wildman–Crippen MR) is 100 cm³/mol. The maximum atomic E-state index is 12.5. The van der Waals surface area contributed by atoms with Crippen LogP contribution in [0.25, 0.3) is 0 Å². The van der Waals surface area contributed by atoms with E-state index in [0.29, 0.717) is 11.3 Å². The summed E-state index contributed by atoms with van der Waals surface area (Å²) in [6.45, 7) is 9.33. The molecule has 2 N–H and O–H groups in total. The molecular weight excluding hydrogens is 316 g/mol. The summed E-state index contributed by atoms with van der Waals surface area (Å²) in [6, 6.07) is 12.6. The van der Waals surface area contributed by atoms with Crippen molar-refractivity contribution in [1.29, 1.82) is 0 Å². The molecule has 0 saturated heterocycles. The molecule has 0 unspecified atom stereocenters. The molecule has 2 amide bonds. The van der Waals surface area contributed by atoms with Gasteiger partial charge in [0.25, 0.3) is 5.91 Å². The summed E-state index contributed by atoms with van der Waals surface area (Å²) < 4.78 is 5.21. The van der Waals surface area contributed by atoms with Crippen LogP contribution in [0.15, 0.2) is 42.5 Å². The van der Waals surface area contributed by atoms with Crippen LogP contribution in [0.2, 0.25) is 0 Å². The van der Waals surface area contributed by atoms with Crippen LogP contribution in [0.1, 0.15) is 42.3 Å². The number of anilines is 2. The third-order valence-corrected chi connectivity index (χ3v) is 3.40. The zero-order chi connectivity index (χ0) is 18.6. The van der Waals surface area contributed by atoms with E-state index in [1.807, 2.05) is 32.0 Å². The van der Waals surface area contributed by atoms with Gasteiger partial charge in [-0.2, -0.15) is 0 Å². The lowest BCUT2D eigenvalue weighted by molar-refractivity contribution is 0.0635. The van der Waals surface area contributed by atoms with E-state index in [1.54, 1.807) is 45.0 Å². The molecule has 0 spiro atoms. The van der Waals surface area contributed by atoms with Crippen molar-refractivity contribution >= 4 is 23.4 Å². The topological polar surface area (TPSA) is 67.4 Å². The molecule has 5 nitrogen and oxygen atoms in total. The molecule has 0 heterocycles. The number of benzene rings is 2. The van der Waals surface area contributed by atoms with Crippen LogP contribution in [-0.4, -0.2) is 17.6 Å². The van der Waals surface area contributed by atoms with Crippen molar-refractivity contribution in [3.63, 3.8) is 0 Å². The van der Waals surface area contributed by atoms with Crippen molar-refractivity contribution in [3.8, 4) is 0 Å². The van der Waals surface area contributed by atoms with Gasteiger partial charge in [0.1, 0.15) is 5.60 Å². The van der Waals surface area contributed by atoms with Gasteiger partial charge in [-0.3, -0.25) is 10.1 Å². The Morgan fingerprint density at radius 3 is 2.32 bits per heavy atom. The molecule has 0 aromatic heterocycles. The van der Waals surface area contributed by atoms with Crippen molar-refractivity contribution < 1.29 is 14.3 Å². The third-order valence-electron chi connectivity index (χ3n) is 3.40. The molecule has 2 rings (SSSR count). The molecule has 0 saturated carbocycles. The molecular formula is C20H24N2O3. The molecule has 0 fully saturated rings. The molecule has 0 bridgehead atoms. The Morgan fingerprint density at radius 2 is 1.68 bits per heavy atom. The van der Waals surface area contributed by atoms with Crippen LogP contribution in [0, 0.1) is 13.8 Å². The number of carbonyl (C=O) groups excluding carboxylic acids is 2. The zero-order valence-electron chi connectivity index (χ0n) is 15.3. The minimum atomic E-state index is -0.581. The standard InChI is InChI=1S/C20H24N2O3/c1-13-9-10-17(14(2)11-13)22-18(23)15-7-6-8-16(12-15)21-19(24)25-20(3,4)5/h6-12H,1-5H3,(H,21,24)(H,22,23). The summed E-state index contributed by atoms with van der Waals surface area (Å²) in [5.74, 6) is -0.236. The van der Waals surface area contributed by atoms with Gasteiger partial charge >= 0.3 is 6.09 Å². The smallest absolute Gasteiger partial charge is 0.412 e. The Morgan fingerprint density at radius 1 is 0.960 bits per heavy atom. The minimum Gasteiger partial charge on any atom is -0.444 e. The molecule has 132 valence electrons. The van der Waals surface area contributed by atoms with Gasteiger partial charge in [0.2, 0.25) is 0 Å². The fourth-order valence-corrected chi connectivity index (χ4v) is 2.31. The summed E-state index contributed by atoms with van der Waals surface area (Å²) in [7, 11) is 0. The highest BCUT2D eigenvalue weighted by atomic mass is 16.6. The van der Waals surface area contributed by atoms with E-state index in [9.17, 15) is 9.59 Å². The first-order chi connectivity index (χ1) is 11.6. The first-order valence-corrected chi connectivity index (χ1v) is 8.13. The second kappa shape index (κ2) is 7.38. The quantitative estimate of drug-likeness (QED) is 0.835. The third kappa shape index (κ3) is 5.64.